The van der Waals surface area contributed by atoms with Gasteiger partial charge < -0.3 is 10.4 Å². The Morgan fingerprint density at radius 3 is 1.78 bits per heavy atom. The van der Waals surface area contributed by atoms with Crippen LogP contribution in [0.2, 0.25) is 0 Å². The Kier molecular flexibility index (Phi) is 40.0. The van der Waals surface area contributed by atoms with Gasteiger partial charge in [0, 0.05) is 6.54 Å². The van der Waals surface area contributed by atoms with E-state index in [9.17, 15) is 4.79 Å². The number of nitrogens with one attached hydrogen (secondary N) is 1. The van der Waals surface area contributed by atoms with Gasteiger partial charge in [-0.05, 0) is 6.92 Å². The zero-order chi connectivity index (χ0) is 4.99. The van der Waals surface area contributed by atoms with Crippen molar-refractivity contribution in [2.45, 2.75) is 6.92 Å². The SMILES string of the molecule is CCNC(=O)O.Cl.Cl.Cl. The van der Waals surface area contributed by atoms with Crippen LogP contribution < -0.4 is 5.32 Å². The lowest BCUT2D eigenvalue weighted by Crippen LogP contribution is -2.19. The van der Waals surface area contributed by atoms with E-state index in [1.807, 2.05) is 0 Å². The molecular formula is C3H10Cl3NO2. The van der Waals surface area contributed by atoms with Crippen molar-refractivity contribution in [2.24, 2.45) is 0 Å². The predicted molar refractivity (Wildman–Crippen MR) is 43.4 cm³/mol. The first-order valence-corrected chi connectivity index (χ1v) is 1.74. The molecule has 0 radical (unpaired) electrons. The van der Waals surface area contributed by atoms with Crippen molar-refractivity contribution >= 4 is 43.3 Å². The summed E-state index contributed by atoms with van der Waals surface area (Å²) in [6, 6.07) is 0. The monoisotopic (exact) mass is 197 g/mol. The maximum absolute atomic E-state index is 9.49. The summed E-state index contributed by atoms with van der Waals surface area (Å²) in [6.45, 7) is 2.21. The Balaban J connectivity index is -0.0000000417. The molecule has 0 spiro atoms. The molecule has 0 rings (SSSR count). The minimum Gasteiger partial charge on any atom is -0.465 e. The van der Waals surface area contributed by atoms with Crippen LogP contribution in [-0.4, -0.2) is 17.7 Å². The van der Waals surface area contributed by atoms with Crippen LogP contribution >= 0.6 is 37.2 Å². The van der Waals surface area contributed by atoms with Gasteiger partial charge in [0.1, 0.15) is 0 Å². The van der Waals surface area contributed by atoms with Crippen LogP contribution in [0.15, 0.2) is 0 Å². The van der Waals surface area contributed by atoms with Gasteiger partial charge in [0.15, 0.2) is 0 Å². The summed E-state index contributed by atoms with van der Waals surface area (Å²) in [5, 5.41) is 9.93. The summed E-state index contributed by atoms with van der Waals surface area (Å²) in [5.74, 6) is 0. The second kappa shape index (κ2) is 15.7. The third-order valence-electron chi connectivity index (χ3n) is 0.328. The summed E-state index contributed by atoms with van der Waals surface area (Å²) < 4.78 is 0. The van der Waals surface area contributed by atoms with Crippen molar-refractivity contribution in [3.63, 3.8) is 0 Å². The van der Waals surface area contributed by atoms with Crippen LogP contribution in [0.4, 0.5) is 4.79 Å². The molecule has 60 valence electrons. The van der Waals surface area contributed by atoms with E-state index in [2.05, 4.69) is 5.32 Å². The van der Waals surface area contributed by atoms with E-state index in [1.165, 1.54) is 0 Å². The van der Waals surface area contributed by atoms with E-state index in [-0.39, 0.29) is 37.2 Å². The van der Waals surface area contributed by atoms with Crippen LogP contribution in [0.5, 0.6) is 0 Å². The molecule has 9 heavy (non-hydrogen) atoms. The molecule has 0 fully saturated rings. The Morgan fingerprint density at radius 2 is 1.78 bits per heavy atom. The molecule has 0 aliphatic heterocycles. The van der Waals surface area contributed by atoms with E-state index < -0.39 is 6.09 Å². The highest BCUT2D eigenvalue weighted by atomic mass is 35.5. The lowest BCUT2D eigenvalue weighted by atomic mass is 10.8. The number of hydrogen-bond donors (Lipinski definition) is 2. The molecule has 0 aliphatic rings. The molecule has 0 bridgehead atoms. The van der Waals surface area contributed by atoms with Crippen LogP contribution in [0.3, 0.4) is 0 Å². The van der Waals surface area contributed by atoms with Gasteiger partial charge in [0.25, 0.3) is 0 Å². The van der Waals surface area contributed by atoms with Crippen molar-refractivity contribution in [1.29, 1.82) is 0 Å². The minimum absolute atomic E-state index is 0. The Bertz CT molecular complexity index is 61.0. The molecule has 0 aromatic rings. The first-order chi connectivity index (χ1) is 2.77. The smallest absolute Gasteiger partial charge is 0.404 e. The predicted octanol–water partition coefficient (Wildman–Crippen LogP) is 1.54. The third-order valence-corrected chi connectivity index (χ3v) is 0.328. The van der Waals surface area contributed by atoms with Crippen molar-refractivity contribution in [2.75, 3.05) is 6.54 Å². The van der Waals surface area contributed by atoms with Gasteiger partial charge in [-0.2, -0.15) is 0 Å². The number of carbonyl (C=O) groups is 1. The van der Waals surface area contributed by atoms with E-state index >= 15 is 0 Å². The average molecular weight is 198 g/mol. The van der Waals surface area contributed by atoms with Crippen molar-refractivity contribution in [3.8, 4) is 0 Å². The maximum Gasteiger partial charge on any atom is 0.404 e. The molecule has 2 N–H and O–H groups in total. The van der Waals surface area contributed by atoms with Crippen molar-refractivity contribution < 1.29 is 9.90 Å². The molecule has 3 nitrogen and oxygen atoms in total. The molecule has 0 aromatic heterocycles. The quantitative estimate of drug-likeness (QED) is 0.671. The Labute approximate surface area is 72.4 Å². The first-order valence-electron chi connectivity index (χ1n) is 1.74. The number of carboxylic acid groups (broad SMARTS) is 1. The van der Waals surface area contributed by atoms with E-state index in [0.717, 1.165) is 0 Å². The topological polar surface area (TPSA) is 49.3 Å². The summed E-state index contributed by atoms with van der Waals surface area (Å²) in [4.78, 5) is 9.49. The van der Waals surface area contributed by atoms with E-state index in [4.69, 9.17) is 5.11 Å². The van der Waals surface area contributed by atoms with Crippen LogP contribution in [0.25, 0.3) is 0 Å². The number of rotatable bonds is 1. The largest absolute Gasteiger partial charge is 0.465 e. The third kappa shape index (κ3) is 31.1. The average Bonchev–Trinajstić information content (AvgIpc) is 1.35. The minimum atomic E-state index is -0.961. The van der Waals surface area contributed by atoms with Gasteiger partial charge in [-0.25, -0.2) is 4.79 Å². The first kappa shape index (κ1) is 22.9. The lowest BCUT2D eigenvalue weighted by Gasteiger charge is -1.87. The van der Waals surface area contributed by atoms with Gasteiger partial charge in [-0.1, -0.05) is 0 Å². The van der Waals surface area contributed by atoms with Gasteiger partial charge in [-0.15, -0.1) is 37.2 Å². The molecule has 1 amide bonds. The Hall–Kier alpha value is 0.140. The van der Waals surface area contributed by atoms with E-state index in [1.54, 1.807) is 6.92 Å². The molecule has 0 atom stereocenters. The lowest BCUT2D eigenvalue weighted by molar-refractivity contribution is 0.195. The fourth-order valence-electron chi connectivity index (χ4n) is 0.151. The standard InChI is InChI=1S/C3H7NO2.3ClH/c1-2-4-3(5)6;;;/h4H,2H2,1H3,(H,5,6);3*1H. The second-order valence-corrected chi connectivity index (χ2v) is 0.835. The fourth-order valence-corrected chi connectivity index (χ4v) is 0.151. The zero-order valence-electron chi connectivity index (χ0n) is 4.79. The number of hydrogen-bond acceptors (Lipinski definition) is 1. The van der Waals surface area contributed by atoms with Crippen LogP contribution in [0, 0.1) is 0 Å². The molecule has 0 heterocycles. The maximum atomic E-state index is 9.49. The highest BCUT2D eigenvalue weighted by molar-refractivity contribution is 5.86. The Morgan fingerprint density at radius 1 is 1.44 bits per heavy atom. The molecule has 0 aromatic carbocycles. The van der Waals surface area contributed by atoms with Crippen LogP contribution in [0.1, 0.15) is 6.92 Å². The zero-order valence-corrected chi connectivity index (χ0v) is 7.24. The molecule has 0 aliphatic carbocycles. The van der Waals surface area contributed by atoms with Crippen molar-refractivity contribution in [1.82, 2.24) is 5.32 Å². The molecule has 0 saturated heterocycles. The van der Waals surface area contributed by atoms with Gasteiger partial charge >= 0.3 is 6.09 Å². The van der Waals surface area contributed by atoms with Gasteiger partial charge in [0.2, 0.25) is 0 Å². The highest BCUT2D eigenvalue weighted by Gasteiger charge is 1.82. The van der Waals surface area contributed by atoms with Gasteiger partial charge in [-0.3, -0.25) is 0 Å². The fraction of sp³-hybridized carbons (Fsp3) is 0.667. The summed E-state index contributed by atoms with van der Waals surface area (Å²) in [7, 11) is 0. The van der Waals surface area contributed by atoms with E-state index in [0.29, 0.717) is 6.54 Å². The summed E-state index contributed by atoms with van der Waals surface area (Å²) in [6.07, 6.45) is -0.961. The second-order valence-electron chi connectivity index (χ2n) is 0.835. The molecule has 0 unspecified atom stereocenters. The molecule has 0 saturated carbocycles. The van der Waals surface area contributed by atoms with Gasteiger partial charge in [0.05, 0.1) is 0 Å². The summed E-state index contributed by atoms with van der Waals surface area (Å²) >= 11 is 0. The molecule has 6 heteroatoms. The highest BCUT2D eigenvalue weighted by Crippen LogP contribution is 1.54. The number of amides is 1. The van der Waals surface area contributed by atoms with Crippen LogP contribution in [-0.2, 0) is 0 Å². The number of halogens is 3. The molecular weight excluding hydrogens is 188 g/mol. The normalized spacial score (nSPS) is 5.00. The van der Waals surface area contributed by atoms with Crippen molar-refractivity contribution in [3.05, 3.63) is 0 Å². The summed E-state index contributed by atoms with van der Waals surface area (Å²) in [5.41, 5.74) is 0.